The van der Waals surface area contributed by atoms with Crippen LogP contribution < -0.4 is 5.32 Å². The zero-order chi connectivity index (χ0) is 14.8. The number of hydrogen-bond donors (Lipinski definition) is 2. The Morgan fingerprint density at radius 3 is 2.55 bits per heavy atom. The SMILES string of the molecule is CC1CCC(NC(=O)c2cccc(Cl)c2)(C(=O)O)CC1. The molecule has 1 aromatic carbocycles. The summed E-state index contributed by atoms with van der Waals surface area (Å²) in [4.78, 5) is 23.8. The second-order valence-electron chi connectivity index (χ2n) is 5.53. The lowest BCUT2D eigenvalue weighted by atomic mass is 9.77. The van der Waals surface area contributed by atoms with E-state index in [1.807, 2.05) is 0 Å². The van der Waals surface area contributed by atoms with E-state index in [0.717, 1.165) is 12.8 Å². The van der Waals surface area contributed by atoms with Crippen LogP contribution in [0.15, 0.2) is 24.3 Å². The Morgan fingerprint density at radius 1 is 1.35 bits per heavy atom. The molecular weight excluding hydrogens is 278 g/mol. The number of amides is 1. The Labute approximate surface area is 123 Å². The first kappa shape index (κ1) is 14.9. The van der Waals surface area contributed by atoms with Crippen LogP contribution in [0.4, 0.5) is 0 Å². The van der Waals surface area contributed by atoms with Gasteiger partial charge in [0.25, 0.3) is 5.91 Å². The molecule has 1 aliphatic rings. The molecule has 0 aliphatic heterocycles. The second-order valence-corrected chi connectivity index (χ2v) is 5.97. The molecule has 1 fully saturated rings. The highest BCUT2D eigenvalue weighted by atomic mass is 35.5. The molecule has 0 spiro atoms. The molecule has 5 heteroatoms. The van der Waals surface area contributed by atoms with E-state index >= 15 is 0 Å². The smallest absolute Gasteiger partial charge is 0.329 e. The first-order chi connectivity index (χ1) is 9.43. The lowest BCUT2D eigenvalue weighted by molar-refractivity contribution is -0.146. The van der Waals surface area contributed by atoms with Crippen molar-refractivity contribution >= 4 is 23.5 Å². The predicted molar refractivity (Wildman–Crippen MR) is 76.9 cm³/mol. The Bertz CT molecular complexity index is 522. The highest BCUT2D eigenvalue weighted by Crippen LogP contribution is 2.32. The van der Waals surface area contributed by atoms with Gasteiger partial charge in [-0.2, -0.15) is 0 Å². The molecule has 0 heterocycles. The maximum absolute atomic E-state index is 12.2. The van der Waals surface area contributed by atoms with Gasteiger partial charge >= 0.3 is 5.97 Å². The van der Waals surface area contributed by atoms with Crippen LogP contribution in [0, 0.1) is 5.92 Å². The average Bonchev–Trinajstić information content (AvgIpc) is 2.41. The number of rotatable bonds is 3. The molecule has 20 heavy (non-hydrogen) atoms. The fourth-order valence-corrected chi connectivity index (χ4v) is 2.76. The quantitative estimate of drug-likeness (QED) is 0.900. The summed E-state index contributed by atoms with van der Waals surface area (Å²) in [6, 6.07) is 6.52. The summed E-state index contributed by atoms with van der Waals surface area (Å²) < 4.78 is 0. The van der Waals surface area contributed by atoms with Crippen molar-refractivity contribution in [3.8, 4) is 0 Å². The van der Waals surface area contributed by atoms with Crippen molar-refractivity contribution in [2.45, 2.75) is 38.1 Å². The van der Waals surface area contributed by atoms with E-state index in [-0.39, 0.29) is 5.91 Å². The summed E-state index contributed by atoms with van der Waals surface area (Å²) in [5.41, 5.74) is -0.761. The molecule has 0 saturated heterocycles. The monoisotopic (exact) mass is 295 g/mol. The Morgan fingerprint density at radius 2 is 2.00 bits per heavy atom. The standard InChI is InChI=1S/C15H18ClNO3/c1-10-5-7-15(8-6-10,14(19)20)17-13(18)11-3-2-4-12(16)9-11/h2-4,9-10H,5-8H2,1H3,(H,17,18)(H,19,20). The largest absolute Gasteiger partial charge is 0.480 e. The summed E-state index contributed by atoms with van der Waals surface area (Å²) in [6.45, 7) is 2.10. The van der Waals surface area contributed by atoms with Gasteiger partial charge in [0.15, 0.2) is 0 Å². The zero-order valence-electron chi connectivity index (χ0n) is 11.4. The maximum atomic E-state index is 12.2. The van der Waals surface area contributed by atoms with Crippen LogP contribution in [0.25, 0.3) is 0 Å². The van der Waals surface area contributed by atoms with E-state index in [1.54, 1.807) is 18.2 Å². The summed E-state index contributed by atoms with van der Waals surface area (Å²) >= 11 is 5.85. The van der Waals surface area contributed by atoms with Crippen molar-refractivity contribution in [3.05, 3.63) is 34.9 Å². The zero-order valence-corrected chi connectivity index (χ0v) is 12.1. The number of nitrogens with one attached hydrogen (secondary N) is 1. The molecule has 1 amide bonds. The normalized spacial score (nSPS) is 26.0. The van der Waals surface area contributed by atoms with Crippen LogP contribution in [-0.2, 0) is 4.79 Å². The van der Waals surface area contributed by atoms with Gasteiger partial charge < -0.3 is 10.4 Å². The molecule has 0 atom stereocenters. The van der Waals surface area contributed by atoms with Gasteiger partial charge in [-0.1, -0.05) is 24.6 Å². The van der Waals surface area contributed by atoms with Crippen LogP contribution in [0.2, 0.25) is 5.02 Å². The van der Waals surface area contributed by atoms with Crippen molar-refractivity contribution in [2.75, 3.05) is 0 Å². The number of carboxylic acids is 1. The van der Waals surface area contributed by atoms with Crippen LogP contribution in [0.5, 0.6) is 0 Å². The van der Waals surface area contributed by atoms with Crippen molar-refractivity contribution in [1.29, 1.82) is 0 Å². The summed E-state index contributed by atoms with van der Waals surface area (Å²) in [6.07, 6.45) is 2.55. The van der Waals surface area contributed by atoms with Crippen molar-refractivity contribution in [1.82, 2.24) is 5.32 Å². The van der Waals surface area contributed by atoms with Crippen molar-refractivity contribution < 1.29 is 14.7 Å². The number of carboxylic acid groups (broad SMARTS) is 1. The molecule has 1 aromatic rings. The second kappa shape index (κ2) is 5.83. The Balaban J connectivity index is 2.17. The fraction of sp³-hybridized carbons (Fsp3) is 0.467. The highest BCUT2D eigenvalue weighted by Gasteiger charge is 2.42. The lowest BCUT2D eigenvalue weighted by Crippen LogP contribution is -2.56. The van der Waals surface area contributed by atoms with Gasteiger partial charge in [-0.25, -0.2) is 4.79 Å². The molecule has 4 nitrogen and oxygen atoms in total. The summed E-state index contributed by atoms with van der Waals surface area (Å²) in [5.74, 6) is -0.838. The molecule has 0 unspecified atom stereocenters. The van der Waals surface area contributed by atoms with E-state index in [0.29, 0.717) is 29.3 Å². The molecule has 108 valence electrons. The van der Waals surface area contributed by atoms with Gasteiger partial charge in [-0.3, -0.25) is 4.79 Å². The first-order valence-corrected chi connectivity index (χ1v) is 7.12. The molecule has 0 radical (unpaired) electrons. The van der Waals surface area contributed by atoms with Crippen LogP contribution >= 0.6 is 11.6 Å². The third-order valence-corrected chi connectivity index (χ3v) is 4.21. The Hall–Kier alpha value is -1.55. The molecule has 0 bridgehead atoms. The van der Waals surface area contributed by atoms with E-state index < -0.39 is 11.5 Å². The third kappa shape index (κ3) is 3.12. The van der Waals surface area contributed by atoms with Gasteiger partial charge in [0.05, 0.1) is 0 Å². The summed E-state index contributed by atoms with van der Waals surface area (Å²) in [5, 5.41) is 12.6. The van der Waals surface area contributed by atoms with Gasteiger partial charge in [0.1, 0.15) is 5.54 Å². The van der Waals surface area contributed by atoms with Gasteiger partial charge in [0, 0.05) is 10.6 Å². The summed E-state index contributed by atoms with van der Waals surface area (Å²) in [7, 11) is 0. The number of hydrogen-bond acceptors (Lipinski definition) is 2. The van der Waals surface area contributed by atoms with Crippen molar-refractivity contribution in [2.24, 2.45) is 5.92 Å². The average molecular weight is 296 g/mol. The topological polar surface area (TPSA) is 66.4 Å². The van der Waals surface area contributed by atoms with Crippen LogP contribution in [-0.4, -0.2) is 22.5 Å². The van der Waals surface area contributed by atoms with Crippen LogP contribution in [0.1, 0.15) is 43.0 Å². The number of halogens is 1. The minimum atomic E-state index is -1.15. The number of carbonyl (C=O) groups is 2. The number of benzene rings is 1. The molecule has 1 saturated carbocycles. The number of carbonyl (C=O) groups excluding carboxylic acids is 1. The Kier molecular flexibility index (Phi) is 4.33. The van der Waals surface area contributed by atoms with E-state index in [2.05, 4.69) is 12.2 Å². The molecule has 1 aliphatic carbocycles. The predicted octanol–water partition coefficient (Wildman–Crippen LogP) is 3.10. The fourth-order valence-electron chi connectivity index (χ4n) is 2.57. The van der Waals surface area contributed by atoms with E-state index in [9.17, 15) is 14.7 Å². The van der Waals surface area contributed by atoms with Crippen LogP contribution in [0.3, 0.4) is 0 Å². The minimum absolute atomic E-state index is 0.385. The molecule has 0 aromatic heterocycles. The highest BCUT2D eigenvalue weighted by molar-refractivity contribution is 6.31. The van der Waals surface area contributed by atoms with E-state index in [1.165, 1.54) is 6.07 Å². The first-order valence-electron chi connectivity index (χ1n) is 6.74. The molecule has 2 N–H and O–H groups in total. The van der Waals surface area contributed by atoms with Gasteiger partial charge in [-0.05, 0) is 49.8 Å². The van der Waals surface area contributed by atoms with E-state index in [4.69, 9.17) is 11.6 Å². The lowest BCUT2D eigenvalue weighted by Gasteiger charge is -2.36. The van der Waals surface area contributed by atoms with Crippen molar-refractivity contribution in [3.63, 3.8) is 0 Å². The molecule has 2 rings (SSSR count). The third-order valence-electron chi connectivity index (χ3n) is 3.98. The van der Waals surface area contributed by atoms with Gasteiger partial charge in [0.2, 0.25) is 0 Å². The number of aliphatic carboxylic acids is 1. The maximum Gasteiger partial charge on any atom is 0.329 e. The van der Waals surface area contributed by atoms with Gasteiger partial charge in [-0.15, -0.1) is 0 Å². The minimum Gasteiger partial charge on any atom is -0.480 e. The molecular formula is C15H18ClNO3.